The van der Waals surface area contributed by atoms with Gasteiger partial charge in [-0.05, 0) is 23.3 Å². The Morgan fingerprint density at radius 1 is 1.50 bits per heavy atom. The minimum atomic E-state index is 0.371. The van der Waals surface area contributed by atoms with Crippen molar-refractivity contribution in [2.75, 3.05) is 13.1 Å². The highest BCUT2D eigenvalue weighted by molar-refractivity contribution is 5.39. The molecule has 3 nitrogen and oxygen atoms in total. The van der Waals surface area contributed by atoms with Gasteiger partial charge in [0.25, 0.3) is 0 Å². The summed E-state index contributed by atoms with van der Waals surface area (Å²) in [4.78, 5) is 0. The van der Waals surface area contributed by atoms with E-state index < -0.39 is 0 Å². The molecule has 0 amide bonds. The summed E-state index contributed by atoms with van der Waals surface area (Å²) in [6.45, 7) is 7.16. The first-order chi connectivity index (χ1) is 7.66. The highest BCUT2D eigenvalue weighted by Crippen LogP contribution is 2.27. The SMILES string of the molecule is CC(C)NCC1CNCc2ccc(O)cc21. The Hall–Kier alpha value is -1.06. The monoisotopic (exact) mass is 220 g/mol. The molecule has 0 saturated heterocycles. The summed E-state index contributed by atoms with van der Waals surface area (Å²) in [7, 11) is 0. The standard InChI is InChI=1S/C13H20N2O/c1-9(2)15-8-11-7-14-6-10-3-4-12(16)5-13(10)11/h3-5,9,11,14-16H,6-8H2,1-2H3. The molecule has 16 heavy (non-hydrogen) atoms. The fourth-order valence-electron chi connectivity index (χ4n) is 2.17. The first kappa shape index (κ1) is 11.4. The molecular formula is C13H20N2O. The highest BCUT2D eigenvalue weighted by Gasteiger charge is 2.20. The Morgan fingerprint density at radius 3 is 3.06 bits per heavy atom. The van der Waals surface area contributed by atoms with Crippen LogP contribution in [0.5, 0.6) is 5.75 Å². The van der Waals surface area contributed by atoms with Gasteiger partial charge in [-0.15, -0.1) is 0 Å². The molecule has 3 N–H and O–H groups in total. The first-order valence-electron chi connectivity index (χ1n) is 5.92. The summed E-state index contributed by atoms with van der Waals surface area (Å²) in [5.41, 5.74) is 2.59. The molecule has 1 aromatic carbocycles. The second-order valence-corrected chi connectivity index (χ2v) is 4.77. The third-order valence-electron chi connectivity index (χ3n) is 3.05. The van der Waals surface area contributed by atoms with Crippen LogP contribution in [0.1, 0.15) is 30.9 Å². The van der Waals surface area contributed by atoms with Crippen LogP contribution in [-0.4, -0.2) is 24.2 Å². The number of benzene rings is 1. The summed E-state index contributed by atoms with van der Waals surface area (Å²) < 4.78 is 0. The number of hydrogen-bond donors (Lipinski definition) is 3. The van der Waals surface area contributed by atoms with Gasteiger partial charge in [0.15, 0.2) is 0 Å². The highest BCUT2D eigenvalue weighted by atomic mass is 16.3. The summed E-state index contributed by atoms with van der Waals surface area (Å²) >= 11 is 0. The van der Waals surface area contributed by atoms with E-state index in [2.05, 4.69) is 24.5 Å². The lowest BCUT2D eigenvalue weighted by Gasteiger charge is -2.27. The first-order valence-corrected chi connectivity index (χ1v) is 5.92. The van der Waals surface area contributed by atoms with Crippen LogP contribution in [0.4, 0.5) is 0 Å². The van der Waals surface area contributed by atoms with Gasteiger partial charge >= 0.3 is 0 Å². The molecule has 1 atom stereocenters. The van der Waals surface area contributed by atoms with E-state index in [0.717, 1.165) is 19.6 Å². The van der Waals surface area contributed by atoms with Crippen molar-refractivity contribution >= 4 is 0 Å². The number of phenols is 1. The van der Waals surface area contributed by atoms with E-state index in [0.29, 0.717) is 17.7 Å². The van der Waals surface area contributed by atoms with Crippen molar-refractivity contribution < 1.29 is 5.11 Å². The molecule has 0 spiro atoms. The smallest absolute Gasteiger partial charge is 0.115 e. The fraction of sp³-hybridized carbons (Fsp3) is 0.538. The zero-order valence-corrected chi connectivity index (χ0v) is 9.96. The van der Waals surface area contributed by atoms with Crippen molar-refractivity contribution in [1.29, 1.82) is 0 Å². The second kappa shape index (κ2) is 4.85. The van der Waals surface area contributed by atoms with Gasteiger partial charge in [-0.25, -0.2) is 0 Å². The lowest BCUT2D eigenvalue weighted by Crippen LogP contribution is -2.36. The van der Waals surface area contributed by atoms with Gasteiger partial charge in [0.2, 0.25) is 0 Å². The Kier molecular flexibility index (Phi) is 3.46. The van der Waals surface area contributed by atoms with Crippen LogP contribution in [-0.2, 0) is 6.54 Å². The topological polar surface area (TPSA) is 44.3 Å². The van der Waals surface area contributed by atoms with Crippen LogP contribution in [0, 0.1) is 0 Å². The van der Waals surface area contributed by atoms with Gasteiger partial charge in [-0.2, -0.15) is 0 Å². The third-order valence-corrected chi connectivity index (χ3v) is 3.05. The number of hydrogen-bond acceptors (Lipinski definition) is 3. The lowest BCUT2D eigenvalue weighted by atomic mass is 9.90. The second-order valence-electron chi connectivity index (χ2n) is 4.77. The van der Waals surface area contributed by atoms with Gasteiger partial charge < -0.3 is 15.7 Å². The Balaban J connectivity index is 2.15. The Labute approximate surface area is 96.9 Å². The number of phenolic OH excluding ortho intramolecular Hbond substituents is 1. The van der Waals surface area contributed by atoms with E-state index in [4.69, 9.17) is 0 Å². The summed E-state index contributed by atoms with van der Waals surface area (Å²) in [6.07, 6.45) is 0. The molecule has 0 radical (unpaired) electrons. The Bertz CT molecular complexity index is 363. The normalized spacial score (nSPS) is 19.8. The maximum absolute atomic E-state index is 9.54. The molecule has 0 fully saturated rings. The molecule has 2 rings (SSSR count). The van der Waals surface area contributed by atoms with Crippen LogP contribution in [0.3, 0.4) is 0 Å². The minimum Gasteiger partial charge on any atom is -0.508 e. The lowest BCUT2D eigenvalue weighted by molar-refractivity contribution is 0.459. The zero-order chi connectivity index (χ0) is 11.5. The summed E-state index contributed by atoms with van der Waals surface area (Å²) in [6, 6.07) is 6.18. The Morgan fingerprint density at radius 2 is 2.31 bits per heavy atom. The van der Waals surface area contributed by atoms with Crippen molar-refractivity contribution in [3.8, 4) is 5.75 Å². The maximum atomic E-state index is 9.54. The van der Waals surface area contributed by atoms with E-state index in [9.17, 15) is 5.11 Å². The van der Waals surface area contributed by atoms with Crippen molar-refractivity contribution in [3.05, 3.63) is 29.3 Å². The van der Waals surface area contributed by atoms with E-state index in [1.54, 1.807) is 6.07 Å². The van der Waals surface area contributed by atoms with Crippen LogP contribution in [0.15, 0.2) is 18.2 Å². The van der Waals surface area contributed by atoms with Crippen molar-refractivity contribution in [2.45, 2.75) is 32.4 Å². The van der Waals surface area contributed by atoms with Gasteiger partial charge in [-0.3, -0.25) is 0 Å². The molecule has 0 bridgehead atoms. The predicted molar refractivity (Wildman–Crippen MR) is 65.7 cm³/mol. The van der Waals surface area contributed by atoms with Gasteiger partial charge in [-0.1, -0.05) is 19.9 Å². The number of aromatic hydroxyl groups is 1. The molecule has 88 valence electrons. The van der Waals surface area contributed by atoms with Crippen LogP contribution < -0.4 is 10.6 Å². The van der Waals surface area contributed by atoms with Crippen molar-refractivity contribution in [2.24, 2.45) is 0 Å². The maximum Gasteiger partial charge on any atom is 0.115 e. The number of nitrogens with one attached hydrogen (secondary N) is 2. The van der Waals surface area contributed by atoms with E-state index >= 15 is 0 Å². The quantitative estimate of drug-likeness (QED) is 0.724. The van der Waals surface area contributed by atoms with E-state index in [-0.39, 0.29) is 0 Å². The third kappa shape index (κ3) is 2.54. The molecule has 0 saturated carbocycles. The minimum absolute atomic E-state index is 0.371. The molecule has 1 unspecified atom stereocenters. The van der Waals surface area contributed by atoms with Crippen LogP contribution >= 0.6 is 0 Å². The van der Waals surface area contributed by atoms with E-state index in [1.165, 1.54) is 11.1 Å². The van der Waals surface area contributed by atoms with Crippen molar-refractivity contribution in [3.63, 3.8) is 0 Å². The molecule has 3 heteroatoms. The van der Waals surface area contributed by atoms with Crippen LogP contribution in [0.25, 0.3) is 0 Å². The summed E-state index contributed by atoms with van der Waals surface area (Å²) in [5.74, 6) is 0.827. The molecular weight excluding hydrogens is 200 g/mol. The predicted octanol–water partition coefficient (Wildman–Crippen LogP) is 1.58. The van der Waals surface area contributed by atoms with Gasteiger partial charge in [0, 0.05) is 31.6 Å². The average Bonchev–Trinajstić information content (AvgIpc) is 2.26. The molecule has 1 aliphatic heterocycles. The largest absolute Gasteiger partial charge is 0.508 e. The fourth-order valence-corrected chi connectivity index (χ4v) is 2.17. The molecule has 0 aromatic heterocycles. The molecule has 1 heterocycles. The molecule has 1 aliphatic rings. The summed E-state index contributed by atoms with van der Waals surface area (Å²) in [5, 5.41) is 16.4. The van der Waals surface area contributed by atoms with Crippen molar-refractivity contribution in [1.82, 2.24) is 10.6 Å². The molecule has 0 aliphatic carbocycles. The number of fused-ring (bicyclic) bond motifs is 1. The zero-order valence-electron chi connectivity index (χ0n) is 9.96. The number of rotatable bonds is 3. The van der Waals surface area contributed by atoms with Gasteiger partial charge in [0.1, 0.15) is 5.75 Å². The van der Waals surface area contributed by atoms with E-state index in [1.807, 2.05) is 12.1 Å². The average molecular weight is 220 g/mol. The molecule has 1 aromatic rings. The van der Waals surface area contributed by atoms with Crippen LogP contribution in [0.2, 0.25) is 0 Å². The van der Waals surface area contributed by atoms with Gasteiger partial charge in [0.05, 0.1) is 0 Å².